The number of rotatable bonds is 7. The zero-order chi connectivity index (χ0) is 14.8. The van der Waals surface area contributed by atoms with Crippen LogP contribution >= 0.6 is 0 Å². The average molecular weight is 276 g/mol. The Morgan fingerprint density at radius 3 is 2.10 bits per heavy atom. The first-order chi connectivity index (χ1) is 9.69. The number of benzene rings is 1. The Balaban J connectivity index is 2.67. The van der Waals surface area contributed by atoms with Crippen molar-refractivity contribution in [3.63, 3.8) is 0 Å². The number of allylic oxidation sites excluding steroid dienone is 1. The largest absolute Gasteiger partial charge is 0.465 e. The second-order valence-corrected chi connectivity index (χ2v) is 4.11. The molecule has 0 bridgehead atoms. The lowest BCUT2D eigenvalue weighted by atomic mass is 10.0. The van der Waals surface area contributed by atoms with Gasteiger partial charge in [0.05, 0.1) is 13.2 Å². The van der Waals surface area contributed by atoms with E-state index in [-0.39, 0.29) is 19.6 Å². The molecule has 0 aliphatic heterocycles. The van der Waals surface area contributed by atoms with E-state index >= 15 is 0 Å². The molecule has 0 unspecified atom stereocenters. The van der Waals surface area contributed by atoms with Crippen molar-refractivity contribution < 1.29 is 19.1 Å². The van der Waals surface area contributed by atoms with Gasteiger partial charge in [-0.1, -0.05) is 42.5 Å². The van der Waals surface area contributed by atoms with Crippen LogP contribution in [-0.2, 0) is 19.1 Å². The summed E-state index contributed by atoms with van der Waals surface area (Å²) in [6, 6.07) is 9.67. The van der Waals surface area contributed by atoms with Crippen molar-refractivity contribution >= 4 is 18.0 Å². The topological polar surface area (TPSA) is 52.6 Å². The monoisotopic (exact) mass is 276 g/mol. The molecule has 108 valence electrons. The van der Waals surface area contributed by atoms with Crippen LogP contribution < -0.4 is 0 Å². The minimum atomic E-state index is -0.894. The minimum absolute atomic E-state index is 0.247. The molecule has 4 nitrogen and oxygen atoms in total. The number of carbonyl (C=O) groups is 2. The van der Waals surface area contributed by atoms with Gasteiger partial charge in [0.1, 0.15) is 0 Å². The highest BCUT2D eigenvalue weighted by atomic mass is 16.6. The molecule has 20 heavy (non-hydrogen) atoms. The lowest BCUT2D eigenvalue weighted by Crippen LogP contribution is -2.27. The molecule has 0 atom stereocenters. The van der Waals surface area contributed by atoms with Gasteiger partial charge in [-0.3, -0.25) is 9.59 Å². The van der Waals surface area contributed by atoms with Crippen molar-refractivity contribution in [1.82, 2.24) is 0 Å². The van der Waals surface area contributed by atoms with Crippen LogP contribution in [0.1, 0.15) is 25.8 Å². The molecule has 0 aliphatic carbocycles. The van der Waals surface area contributed by atoms with E-state index < -0.39 is 17.9 Å². The summed E-state index contributed by atoms with van der Waals surface area (Å²) in [5, 5.41) is 0. The van der Waals surface area contributed by atoms with Crippen LogP contribution in [0.15, 0.2) is 36.4 Å². The second-order valence-electron chi connectivity index (χ2n) is 4.11. The summed E-state index contributed by atoms with van der Waals surface area (Å²) in [5.41, 5.74) is 1.01. The summed E-state index contributed by atoms with van der Waals surface area (Å²) in [7, 11) is 0. The Kier molecular flexibility index (Phi) is 7.11. The zero-order valence-corrected chi connectivity index (χ0v) is 11.9. The van der Waals surface area contributed by atoms with E-state index in [1.54, 1.807) is 19.9 Å². The van der Waals surface area contributed by atoms with Crippen LogP contribution in [0, 0.1) is 5.92 Å². The van der Waals surface area contributed by atoms with E-state index in [0.717, 1.165) is 5.56 Å². The third-order valence-corrected chi connectivity index (χ3v) is 2.62. The smallest absolute Gasteiger partial charge is 0.320 e. The van der Waals surface area contributed by atoms with Gasteiger partial charge in [0.2, 0.25) is 0 Å². The third-order valence-electron chi connectivity index (χ3n) is 2.62. The number of esters is 2. The average Bonchev–Trinajstić information content (AvgIpc) is 2.45. The predicted octanol–water partition coefficient (Wildman–Crippen LogP) is 2.83. The summed E-state index contributed by atoms with van der Waals surface area (Å²) < 4.78 is 9.80. The lowest BCUT2D eigenvalue weighted by molar-refractivity contribution is -0.161. The highest BCUT2D eigenvalue weighted by Crippen LogP contribution is 2.12. The zero-order valence-electron chi connectivity index (χ0n) is 11.9. The molecule has 1 aromatic carbocycles. The van der Waals surface area contributed by atoms with Gasteiger partial charge in [0, 0.05) is 0 Å². The van der Waals surface area contributed by atoms with Gasteiger partial charge in [-0.05, 0) is 25.8 Å². The maximum Gasteiger partial charge on any atom is 0.320 e. The fourth-order valence-electron chi connectivity index (χ4n) is 1.68. The van der Waals surface area contributed by atoms with Crippen molar-refractivity contribution in [2.75, 3.05) is 13.2 Å². The van der Waals surface area contributed by atoms with Gasteiger partial charge in [-0.15, -0.1) is 0 Å². The highest BCUT2D eigenvalue weighted by molar-refractivity contribution is 5.95. The first-order valence-electron chi connectivity index (χ1n) is 6.73. The maximum absolute atomic E-state index is 11.7. The molecule has 1 rings (SSSR count). The SMILES string of the molecule is CCOC(=O)C(CC=Cc1ccccc1)C(=O)OCC. The van der Waals surface area contributed by atoms with Crippen molar-refractivity contribution in [2.24, 2.45) is 5.92 Å². The molecule has 0 fully saturated rings. The molecule has 0 spiro atoms. The highest BCUT2D eigenvalue weighted by Gasteiger charge is 2.28. The second kappa shape index (κ2) is 8.91. The van der Waals surface area contributed by atoms with E-state index in [4.69, 9.17) is 9.47 Å². The van der Waals surface area contributed by atoms with E-state index in [9.17, 15) is 9.59 Å². The minimum Gasteiger partial charge on any atom is -0.465 e. The molecule has 0 aromatic heterocycles. The van der Waals surface area contributed by atoms with Crippen molar-refractivity contribution in [1.29, 1.82) is 0 Å². The Morgan fingerprint density at radius 2 is 1.60 bits per heavy atom. The first kappa shape index (κ1) is 16.0. The number of carbonyl (C=O) groups excluding carboxylic acids is 2. The molecule has 1 aromatic rings. The van der Waals surface area contributed by atoms with Crippen LogP contribution in [0.5, 0.6) is 0 Å². The lowest BCUT2D eigenvalue weighted by Gasteiger charge is -2.12. The molecular weight excluding hydrogens is 256 g/mol. The Morgan fingerprint density at radius 1 is 1.05 bits per heavy atom. The summed E-state index contributed by atoms with van der Waals surface area (Å²) >= 11 is 0. The van der Waals surface area contributed by atoms with Crippen LogP contribution in [0.25, 0.3) is 6.08 Å². The fourth-order valence-corrected chi connectivity index (χ4v) is 1.68. The summed E-state index contributed by atoms with van der Waals surface area (Å²) in [6.45, 7) is 3.91. The van der Waals surface area contributed by atoms with Crippen molar-refractivity contribution in [2.45, 2.75) is 20.3 Å². The molecule has 0 saturated carbocycles. The van der Waals surface area contributed by atoms with Crippen molar-refractivity contribution in [3.8, 4) is 0 Å². The number of hydrogen-bond donors (Lipinski definition) is 0. The van der Waals surface area contributed by atoms with Gasteiger partial charge in [-0.2, -0.15) is 0 Å². The molecule has 0 radical (unpaired) electrons. The van der Waals surface area contributed by atoms with Gasteiger partial charge >= 0.3 is 11.9 Å². The Labute approximate surface area is 119 Å². The normalized spacial score (nSPS) is 10.8. The fraction of sp³-hybridized carbons (Fsp3) is 0.375. The van der Waals surface area contributed by atoms with Crippen LogP contribution in [0.3, 0.4) is 0 Å². The van der Waals surface area contributed by atoms with Gasteiger partial charge in [0.15, 0.2) is 5.92 Å². The standard InChI is InChI=1S/C16H20O4/c1-3-19-15(17)14(16(18)20-4-2)12-8-11-13-9-6-5-7-10-13/h5-11,14H,3-4,12H2,1-2H3. The molecule has 4 heteroatoms. The van der Waals surface area contributed by atoms with E-state index in [1.807, 2.05) is 36.4 Å². The van der Waals surface area contributed by atoms with Gasteiger partial charge in [-0.25, -0.2) is 0 Å². The van der Waals surface area contributed by atoms with E-state index in [1.165, 1.54) is 0 Å². The van der Waals surface area contributed by atoms with Crippen LogP contribution in [0.2, 0.25) is 0 Å². The number of hydrogen-bond acceptors (Lipinski definition) is 4. The number of ether oxygens (including phenoxy) is 2. The molecule has 0 N–H and O–H groups in total. The van der Waals surface area contributed by atoms with Crippen LogP contribution in [0.4, 0.5) is 0 Å². The molecule has 0 saturated heterocycles. The molecule has 0 aliphatic rings. The quantitative estimate of drug-likeness (QED) is 0.567. The van der Waals surface area contributed by atoms with Gasteiger partial charge in [0.25, 0.3) is 0 Å². The third kappa shape index (κ3) is 5.26. The molecule has 0 heterocycles. The Bertz CT molecular complexity index is 433. The van der Waals surface area contributed by atoms with Crippen LogP contribution in [-0.4, -0.2) is 25.2 Å². The summed E-state index contributed by atoms with van der Waals surface area (Å²) in [5.74, 6) is -1.97. The Hall–Kier alpha value is -2.10. The van der Waals surface area contributed by atoms with E-state index in [2.05, 4.69) is 0 Å². The van der Waals surface area contributed by atoms with Crippen molar-refractivity contribution in [3.05, 3.63) is 42.0 Å². The molecular formula is C16H20O4. The van der Waals surface area contributed by atoms with E-state index in [0.29, 0.717) is 0 Å². The summed E-state index contributed by atoms with van der Waals surface area (Å²) in [4.78, 5) is 23.5. The predicted molar refractivity (Wildman–Crippen MR) is 76.8 cm³/mol. The maximum atomic E-state index is 11.7. The van der Waals surface area contributed by atoms with Gasteiger partial charge < -0.3 is 9.47 Å². The summed E-state index contributed by atoms with van der Waals surface area (Å²) in [6.07, 6.45) is 3.92. The first-order valence-corrected chi connectivity index (χ1v) is 6.73. The molecule has 0 amide bonds.